The van der Waals surface area contributed by atoms with Gasteiger partial charge in [0.15, 0.2) is 0 Å². The molecule has 1 aromatic rings. The Labute approximate surface area is 116 Å². The molecule has 2 nitrogen and oxygen atoms in total. The summed E-state index contributed by atoms with van der Waals surface area (Å²) >= 11 is 0. The highest BCUT2D eigenvalue weighted by Crippen LogP contribution is 2.41. The SMILES string of the molecule is CCC(CC)C(O)C1(c2ccccc2)CCOCC1. The van der Waals surface area contributed by atoms with Crippen LogP contribution >= 0.6 is 0 Å². The largest absolute Gasteiger partial charge is 0.392 e. The van der Waals surface area contributed by atoms with E-state index in [4.69, 9.17) is 4.74 Å². The molecule has 1 N–H and O–H groups in total. The van der Waals surface area contributed by atoms with Gasteiger partial charge in [-0.2, -0.15) is 0 Å². The maximum atomic E-state index is 11.0. The molecule has 1 aliphatic rings. The zero-order valence-electron chi connectivity index (χ0n) is 12.1. The number of benzene rings is 1. The summed E-state index contributed by atoms with van der Waals surface area (Å²) in [6.45, 7) is 5.86. The first-order valence-electron chi connectivity index (χ1n) is 7.56. The normalized spacial score (nSPS) is 20.4. The lowest BCUT2D eigenvalue weighted by molar-refractivity contribution is -0.0423. The molecule has 1 heterocycles. The van der Waals surface area contributed by atoms with E-state index in [1.54, 1.807) is 0 Å². The second-order valence-electron chi connectivity index (χ2n) is 5.66. The van der Waals surface area contributed by atoms with Crippen LogP contribution in [-0.2, 0) is 10.2 Å². The molecule has 1 aromatic carbocycles. The van der Waals surface area contributed by atoms with Crippen molar-refractivity contribution in [2.24, 2.45) is 5.92 Å². The Kier molecular flexibility index (Phi) is 5.00. The van der Waals surface area contributed by atoms with Crippen molar-refractivity contribution in [3.63, 3.8) is 0 Å². The molecular weight excluding hydrogens is 236 g/mol. The van der Waals surface area contributed by atoms with E-state index in [0.717, 1.165) is 38.9 Å². The van der Waals surface area contributed by atoms with Crippen LogP contribution in [0.1, 0.15) is 45.1 Å². The lowest BCUT2D eigenvalue weighted by Crippen LogP contribution is -2.47. The summed E-state index contributed by atoms with van der Waals surface area (Å²) in [5.74, 6) is 0.373. The number of aliphatic hydroxyl groups is 1. The first-order chi connectivity index (χ1) is 9.24. The third-order valence-electron chi connectivity index (χ3n) is 4.80. The smallest absolute Gasteiger partial charge is 0.0666 e. The zero-order valence-corrected chi connectivity index (χ0v) is 12.1. The zero-order chi connectivity index (χ0) is 13.7. The molecule has 0 aromatic heterocycles. The fourth-order valence-corrected chi connectivity index (χ4v) is 3.45. The molecule has 0 amide bonds. The number of rotatable bonds is 5. The van der Waals surface area contributed by atoms with Crippen molar-refractivity contribution in [2.45, 2.75) is 51.0 Å². The third kappa shape index (κ3) is 2.85. The minimum atomic E-state index is -0.270. The Morgan fingerprint density at radius 3 is 2.21 bits per heavy atom. The molecule has 0 aliphatic carbocycles. The Hall–Kier alpha value is -0.860. The molecular formula is C17H26O2. The highest BCUT2D eigenvalue weighted by atomic mass is 16.5. The molecule has 1 saturated heterocycles. The van der Waals surface area contributed by atoms with Gasteiger partial charge >= 0.3 is 0 Å². The Bertz CT molecular complexity index is 364. The van der Waals surface area contributed by atoms with Crippen LogP contribution < -0.4 is 0 Å². The van der Waals surface area contributed by atoms with Crippen LogP contribution in [0.4, 0.5) is 0 Å². The van der Waals surface area contributed by atoms with E-state index in [0.29, 0.717) is 5.92 Å². The van der Waals surface area contributed by atoms with Gasteiger partial charge in [0, 0.05) is 18.6 Å². The summed E-state index contributed by atoms with van der Waals surface area (Å²) in [5.41, 5.74) is 1.16. The molecule has 19 heavy (non-hydrogen) atoms. The molecule has 106 valence electrons. The van der Waals surface area contributed by atoms with Crippen molar-refractivity contribution in [3.8, 4) is 0 Å². The summed E-state index contributed by atoms with van der Waals surface area (Å²) in [4.78, 5) is 0. The molecule has 1 fully saturated rings. The second-order valence-corrected chi connectivity index (χ2v) is 5.66. The Morgan fingerprint density at radius 1 is 1.11 bits per heavy atom. The highest BCUT2D eigenvalue weighted by Gasteiger charge is 2.43. The number of hydrogen-bond donors (Lipinski definition) is 1. The molecule has 2 heteroatoms. The predicted octanol–water partition coefficient (Wildman–Crippen LogP) is 3.53. The van der Waals surface area contributed by atoms with Gasteiger partial charge < -0.3 is 9.84 Å². The van der Waals surface area contributed by atoms with Crippen LogP contribution in [0.3, 0.4) is 0 Å². The quantitative estimate of drug-likeness (QED) is 0.879. The summed E-state index contributed by atoms with van der Waals surface area (Å²) in [6.07, 6.45) is 3.65. The molecule has 2 rings (SSSR count). The van der Waals surface area contributed by atoms with Gasteiger partial charge in [0.1, 0.15) is 0 Å². The minimum Gasteiger partial charge on any atom is -0.392 e. The van der Waals surface area contributed by atoms with Gasteiger partial charge in [0.25, 0.3) is 0 Å². The van der Waals surface area contributed by atoms with Crippen LogP contribution in [0.2, 0.25) is 0 Å². The Morgan fingerprint density at radius 2 is 1.68 bits per heavy atom. The fourth-order valence-electron chi connectivity index (χ4n) is 3.45. The van der Waals surface area contributed by atoms with Crippen LogP contribution in [0.5, 0.6) is 0 Å². The molecule has 0 spiro atoms. The van der Waals surface area contributed by atoms with Gasteiger partial charge in [-0.1, -0.05) is 57.0 Å². The van der Waals surface area contributed by atoms with E-state index in [1.165, 1.54) is 5.56 Å². The van der Waals surface area contributed by atoms with E-state index >= 15 is 0 Å². The maximum Gasteiger partial charge on any atom is 0.0666 e. The summed E-state index contributed by atoms with van der Waals surface area (Å²) in [6, 6.07) is 10.5. The minimum absolute atomic E-state index is 0.115. The first-order valence-corrected chi connectivity index (χ1v) is 7.56. The maximum absolute atomic E-state index is 11.0. The topological polar surface area (TPSA) is 29.5 Å². The van der Waals surface area contributed by atoms with Gasteiger partial charge in [-0.25, -0.2) is 0 Å². The van der Waals surface area contributed by atoms with Gasteiger partial charge in [-0.15, -0.1) is 0 Å². The predicted molar refractivity (Wildman–Crippen MR) is 78.3 cm³/mol. The number of aliphatic hydroxyl groups excluding tert-OH is 1. The first kappa shape index (κ1) is 14.5. The Balaban J connectivity index is 2.34. The number of ether oxygens (including phenoxy) is 1. The van der Waals surface area contributed by atoms with Crippen molar-refractivity contribution in [1.29, 1.82) is 0 Å². The van der Waals surface area contributed by atoms with Crippen molar-refractivity contribution in [2.75, 3.05) is 13.2 Å². The lowest BCUT2D eigenvalue weighted by atomic mass is 9.66. The summed E-state index contributed by atoms with van der Waals surface area (Å²) in [5, 5.41) is 11.0. The summed E-state index contributed by atoms with van der Waals surface area (Å²) in [7, 11) is 0. The molecule has 1 unspecified atom stereocenters. The van der Waals surface area contributed by atoms with E-state index in [1.807, 2.05) is 6.07 Å². The standard InChI is InChI=1S/C17H26O2/c1-3-14(4-2)16(18)17(10-12-19-13-11-17)15-8-6-5-7-9-15/h5-9,14,16,18H,3-4,10-13H2,1-2H3. The van der Waals surface area contributed by atoms with Gasteiger partial charge in [0.2, 0.25) is 0 Å². The average Bonchev–Trinajstić information content (AvgIpc) is 2.50. The average molecular weight is 262 g/mol. The van der Waals surface area contributed by atoms with Gasteiger partial charge in [-0.3, -0.25) is 0 Å². The van der Waals surface area contributed by atoms with Crippen LogP contribution in [0.25, 0.3) is 0 Å². The molecule has 1 aliphatic heterocycles. The van der Waals surface area contributed by atoms with Gasteiger partial charge in [0.05, 0.1) is 6.10 Å². The second kappa shape index (κ2) is 6.53. The third-order valence-corrected chi connectivity index (χ3v) is 4.80. The van der Waals surface area contributed by atoms with Crippen LogP contribution in [0.15, 0.2) is 30.3 Å². The van der Waals surface area contributed by atoms with E-state index in [9.17, 15) is 5.11 Å². The molecule has 0 bridgehead atoms. The monoisotopic (exact) mass is 262 g/mol. The lowest BCUT2D eigenvalue weighted by Gasteiger charge is -2.44. The highest BCUT2D eigenvalue weighted by molar-refractivity contribution is 5.28. The van der Waals surface area contributed by atoms with Crippen LogP contribution in [-0.4, -0.2) is 24.4 Å². The van der Waals surface area contributed by atoms with Crippen molar-refractivity contribution in [1.82, 2.24) is 0 Å². The number of hydrogen-bond acceptors (Lipinski definition) is 2. The summed E-state index contributed by atoms with van der Waals surface area (Å²) < 4.78 is 5.53. The van der Waals surface area contributed by atoms with Crippen LogP contribution in [0, 0.1) is 5.92 Å². The molecule has 0 radical (unpaired) electrons. The van der Waals surface area contributed by atoms with E-state index < -0.39 is 0 Å². The van der Waals surface area contributed by atoms with Crippen molar-refractivity contribution >= 4 is 0 Å². The molecule has 1 atom stereocenters. The van der Waals surface area contributed by atoms with Gasteiger partial charge in [-0.05, 0) is 24.3 Å². The molecule has 0 saturated carbocycles. The van der Waals surface area contributed by atoms with Crippen molar-refractivity contribution in [3.05, 3.63) is 35.9 Å². The van der Waals surface area contributed by atoms with E-state index in [-0.39, 0.29) is 11.5 Å². The van der Waals surface area contributed by atoms with E-state index in [2.05, 4.69) is 38.1 Å². The van der Waals surface area contributed by atoms with Crippen molar-refractivity contribution < 1.29 is 9.84 Å². The fraction of sp³-hybridized carbons (Fsp3) is 0.647.